The Balaban J connectivity index is 3.37. The summed E-state index contributed by atoms with van der Waals surface area (Å²) in [4.78, 5) is 10.9. The van der Waals surface area contributed by atoms with Crippen molar-refractivity contribution in [1.29, 1.82) is 0 Å². The molecule has 0 aliphatic carbocycles. The van der Waals surface area contributed by atoms with Gasteiger partial charge < -0.3 is 14.6 Å². The third kappa shape index (κ3) is 4.76. The van der Waals surface area contributed by atoms with Crippen molar-refractivity contribution in [1.82, 2.24) is 0 Å². The zero-order valence-electron chi connectivity index (χ0n) is 14.3. The first-order valence-corrected chi connectivity index (χ1v) is 7.34. The van der Waals surface area contributed by atoms with Crippen LogP contribution in [0.5, 0.6) is 5.75 Å². The van der Waals surface area contributed by atoms with E-state index in [9.17, 15) is 9.90 Å². The number of carboxylic acid groups (broad SMARTS) is 1. The normalized spacial score (nSPS) is 12.3. The van der Waals surface area contributed by atoms with Gasteiger partial charge >= 0.3 is 0 Å². The van der Waals surface area contributed by atoms with Crippen molar-refractivity contribution >= 4 is 5.97 Å². The second-order valence-corrected chi connectivity index (χ2v) is 7.66. The Morgan fingerprint density at radius 2 is 1.76 bits per heavy atom. The molecule has 0 amide bonds. The maximum absolute atomic E-state index is 10.9. The molecule has 0 radical (unpaired) electrons. The minimum absolute atomic E-state index is 0.0660. The standard InChI is InChI=1S/C18H28O3/c1-12-8-13(10-15(19)20)9-14(16(12)21-7)18(5,6)11-17(2,3)4/h8-9H,10-11H2,1-7H3,(H,19,20)/p-1. The lowest BCUT2D eigenvalue weighted by molar-refractivity contribution is -0.304. The van der Waals surface area contributed by atoms with E-state index in [4.69, 9.17) is 4.74 Å². The van der Waals surface area contributed by atoms with Gasteiger partial charge in [0.2, 0.25) is 0 Å². The van der Waals surface area contributed by atoms with E-state index < -0.39 is 5.97 Å². The molecule has 1 aromatic rings. The van der Waals surface area contributed by atoms with Gasteiger partial charge in [-0.05, 0) is 35.3 Å². The molecule has 0 spiro atoms. The molecule has 0 saturated heterocycles. The zero-order chi connectivity index (χ0) is 16.4. The van der Waals surface area contributed by atoms with Crippen LogP contribution in [0.2, 0.25) is 0 Å². The van der Waals surface area contributed by atoms with Crippen molar-refractivity contribution in [2.75, 3.05) is 7.11 Å². The first-order valence-electron chi connectivity index (χ1n) is 7.34. The number of carbonyl (C=O) groups excluding carboxylic acids is 1. The molecule has 3 nitrogen and oxygen atoms in total. The predicted octanol–water partition coefficient (Wildman–Crippen LogP) is 3.01. The Bertz CT molecular complexity index is 522. The first kappa shape index (κ1) is 17.5. The van der Waals surface area contributed by atoms with Gasteiger partial charge in [0.25, 0.3) is 0 Å². The van der Waals surface area contributed by atoms with E-state index in [1.807, 2.05) is 19.1 Å². The van der Waals surface area contributed by atoms with Gasteiger partial charge in [-0.2, -0.15) is 0 Å². The number of rotatable bonds is 5. The topological polar surface area (TPSA) is 49.4 Å². The van der Waals surface area contributed by atoms with Gasteiger partial charge in [-0.15, -0.1) is 0 Å². The second kappa shape index (κ2) is 6.08. The van der Waals surface area contributed by atoms with Crippen LogP contribution in [0, 0.1) is 12.3 Å². The van der Waals surface area contributed by atoms with Crippen LogP contribution < -0.4 is 9.84 Å². The molecule has 0 unspecified atom stereocenters. The van der Waals surface area contributed by atoms with Gasteiger partial charge in [0, 0.05) is 18.0 Å². The quantitative estimate of drug-likeness (QED) is 0.838. The van der Waals surface area contributed by atoms with Gasteiger partial charge in [-0.25, -0.2) is 0 Å². The maximum atomic E-state index is 10.9. The van der Waals surface area contributed by atoms with Crippen LogP contribution in [0.4, 0.5) is 0 Å². The SMILES string of the molecule is COc1c(C)cc(CC(=O)[O-])cc1C(C)(C)CC(C)(C)C. The van der Waals surface area contributed by atoms with Crippen molar-refractivity contribution in [3.8, 4) is 5.75 Å². The fraction of sp³-hybridized carbons (Fsp3) is 0.611. The van der Waals surface area contributed by atoms with Gasteiger partial charge in [0.05, 0.1) is 7.11 Å². The van der Waals surface area contributed by atoms with Crippen LogP contribution in [-0.4, -0.2) is 13.1 Å². The average Bonchev–Trinajstić information content (AvgIpc) is 2.23. The largest absolute Gasteiger partial charge is 0.550 e. The molecule has 0 bridgehead atoms. The highest BCUT2D eigenvalue weighted by atomic mass is 16.5. The van der Waals surface area contributed by atoms with Crippen LogP contribution in [0.1, 0.15) is 57.7 Å². The Morgan fingerprint density at radius 3 is 2.19 bits per heavy atom. The fourth-order valence-electron chi connectivity index (χ4n) is 3.31. The molecule has 0 atom stereocenters. The van der Waals surface area contributed by atoms with E-state index in [1.54, 1.807) is 7.11 Å². The molecular weight excluding hydrogens is 264 g/mol. The molecule has 0 saturated carbocycles. The van der Waals surface area contributed by atoms with E-state index >= 15 is 0 Å². The summed E-state index contributed by atoms with van der Waals surface area (Å²) in [6, 6.07) is 3.82. The molecule has 0 N–H and O–H groups in total. The lowest BCUT2D eigenvalue weighted by Gasteiger charge is -2.34. The Labute approximate surface area is 128 Å². The second-order valence-electron chi connectivity index (χ2n) is 7.66. The van der Waals surface area contributed by atoms with Gasteiger partial charge in [0.15, 0.2) is 0 Å². The number of methoxy groups -OCH3 is 1. The van der Waals surface area contributed by atoms with Crippen LogP contribution in [0.3, 0.4) is 0 Å². The fourth-order valence-corrected chi connectivity index (χ4v) is 3.31. The summed E-state index contributed by atoms with van der Waals surface area (Å²) < 4.78 is 5.57. The Morgan fingerprint density at radius 1 is 1.19 bits per heavy atom. The smallest absolute Gasteiger partial charge is 0.125 e. The summed E-state index contributed by atoms with van der Waals surface area (Å²) in [5, 5.41) is 10.9. The third-order valence-electron chi connectivity index (χ3n) is 3.59. The molecule has 21 heavy (non-hydrogen) atoms. The summed E-state index contributed by atoms with van der Waals surface area (Å²) in [6.45, 7) is 12.9. The summed E-state index contributed by atoms with van der Waals surface area (Å²) >= 11 is 0. The number of hydrogen-bond donors (Lipinski definition) is 0. The van der Waals surface area contributed by atoms with Crippen LogP contribution in [0.15, 0.2) is 12.1 Å². The number of aryl methyl sites for hydroxylation is 1. The number of hydrogen-bond acceptors (Lipinski definition) is 3. The molecule has 0 aliphatic heterocycles. The lowest BCUT2D eigenvalue weighted by atomic mass is 9.71. The van der Waals surface area contributed by atoms with Gasteiger partial charge in [0.1, 0.15) is 5.75 Å². The lowest BCUT2D eigenvalue weighted by Crippen LogP contribution is -2.27. The van der Waals surface area contributed by atoms with E-state index in [2.05, 4.69) is 34.6 Å². The Kier molecular flexibility index (Phi) is 5.08. The molecule has 0 fully saturated rings. The average molecular weight is 291 g/mol. The van der Waals surface area contributed by atoms with Crippen LogP contribution >= 0.6 is 0 Å². The zero-order valence-corrected chi connectivity index (χ0v) is 14.3. The van der Waals surface area contributed by atoms with Crippen LogP contribution in [-0.2, 0) is 16.6 Å². The van der Waals surface area contributed by atoms with Crippen molar-refractivity contribution in [3.05, 3.63) is 28.8 Å². The Hall–Kier alpha value is -1.51. The molecule has 1 aromatic carbocycles. The number of ether oxygens (including phenoxy) is 1. The van der Waals surface area contributed by atoms with E-state index in [0.29, 0.717) is 0 Å². The predicted molar refractivity (Wildman–Crippen MR) is 83.5 cm³/mol. The highest BCUT2D eigenvalue weighted by Crippen LogP contribution is 2.42. The van der Waals surface area contributed by atoms with E-state index in [1.165, 1.54) is 0 Å². The molecule has 0 aromatic heterocycles. The molecule has 3 heteroatoms. The number of carboxylic acids is 1. The maximum Gasteiger partial charge on any atom is 0.125 e. The van der Waals surface area contributed by atoms with Crippen LogP contribution in [0.25, 0.3) is 0 Å². The van der Waals surface area contributed by atoms with Gasteiger partial charge in [-0.3, -0.25) is 0 Å². The molecule has 0 heterocycles. The van der Waals surface area contributed by atoms with Crippen molar-refractivity contribution < 1.29 is 14.6 Å². The minimum Gasteiger partial charge on any atom is -0.550 e. The first-order chi connectivity index (χ1) is 9.46. The number of aliphatic carboxylic acids is 1. The van der Waals surface area contributed by atoms with Gasteiger partial charge in [-0.1, -0.05) is 46.8 Å². The third-order valence-corrected chi connectivity index (χ3v) is 3.59. The van der Waals surface area contributed by atoms with Crippen molar-refractivity contribution in [3.63, 3.8) is 0 Å². The molecule has 0 aliphatic rings. The number of benzene rings is 1. The monoisotopic (exact) mass is 291 g/mol. The highest BCUT2D eigenvalue weighted by molar-refractivity contribution is 5.68. The molecular formula is C18H27O3-. The van der Waals surface area contributed by atoms with E-state index in [-0.39, 0.29) is 17.3 Å². The van der Waals surface area contributed by atoms with Crippen molar-refractivity contribution in [2.45, 2.75) is 59.8 Å². The summed E-state index contributed by atoms with van der Waals surface area (Å²) in [6.07, 6.45) is 0.911. The molecule has 1 rings (SSSR count). The molecule has 118 valence electrons. The van der Waals surface area contributed by atoms with Crippen molar-refractivity contribution in [2.24, 2.45) is 5.41 Å². The van der Waals surface area contributed by atoms with E-state index in [0.717, 1.165) is 28.9 Å². The summed E-state index contributed by atoms with van der Waals surface area (Å²) in [5.41, 5.74) is 2.87. The minimum atomic E-state index is -1.06. The number of carbonyl (C=O) groups is 1. The highest BCUT2D eigenvalue weighted by Gasteiger charge is 2.30. The summed E-state index contributed by atoms with van der Waals surface area (Å²) in [7, 11) is 1.66. The summed E-state index contributed by atoms with van der Waals surface area (Å²) in [5.74, 6) is -0.203.